The first-order valence-electron chi connectivity index (χ1n) is 6.81. The second-order valence-electron chi connectivity index (χ2n) is 4.97. The summed E-state index contributed by atoms with van der Waals surface area (Å²) in [6, 6.07) is 5.55. The van der Waals surface area contributed by atoms with E-state index < -0.39 is 11.5 Å². The minimum atomic E-state index is -1.08. The second-order valence-corrected chi connectivity index (χ2v) is 4.97. The summed E-state index contributed by atoms with van der Waals surface area (Å²) in [5.41, 5.74) is 8.94. The number of nitrogens with zero attached hydrogens (tertiary/aromatic N) is 3. The fourth-order valence-corrected chi connectivity index (χ4v) is 2.73. The average Bonchev–Trinajstić information content (AvgIpc) is 2.86. The van der Waals surface area contributed by atoms with Crippen LogP contribution in [0.1, 0.15) is 24.0 Å². The van der Waals surface area contributed by atoms with Crippen LogP contribution in [-0.2, 0) is 16.8 Å². The third kappa shape index (κ3) is 2.94. The molecule has 0 aliphatic heterocycles. The molecular weight excluding hydrogens is 272 g/mol. The first kappa shape index (κ1) is 15.2. The largest absolute Gasteiger partial charge is 0.497 e. The van der Waals surface area contributed by atoms with Gasteiger partial charge in [0.05, 0.1) is 7.11 Å². The molecule has 2 N–H and O–H groups in total. The highest BCUT2D eigenvalue weighted by Gasteiger charge is 2.45. The highest BCUT2D eigenvalue weighted by atomic mass is 16.5. The Labute approximate surface area is 122 Å². The number of nitrogens with one attached hydrogen (secondary N) is 1. The van der Waals surface area contributed by atoms with Crippen LogP contribution in [0.3, 0.4) is 0 Å². The molecule has 2 rings (SSSR count). The number of azide groups is 1. The molecular formula is C14H18N4O3. The number of methoxy groups -OCH3 is 1. The molecule has 112 valence electrons. The molecule has 0 spiro atoms. The number of ether oxygens (including phenoxy) is 1. The summed E-state index contributed by atoms with van der Waals surface area (Å²) in [5.74, 6) is -0.240. The zero-order valence-electron chi connectivity index (χ0n) is 11.9. The maximum absolute atomic E-state index is 11.8. The molecule has 0 aromatic heterocycles. The highest BCUT2D eigenvalue weighted by Crippen LogP contribution is 2.39. The lowest BCUT2D eigenvalue weighted by molar-refractivity contribution is -0.145. The van der Waals surface area contributed by atoms with Gasteiger partial charge in [-0.15, -0.1) is 0 Å². The van der Waals surface area contributed by atoms with Crippen LogP contribution in [0.2, 0.25) is 0 Å². The standard InChI is InChI=1S/C14H18N4O3/c1-21-11-4-3-10-5-6-14(13(19)20,12(10)9-11)16-7-2-8-17-18-15/h3-4,9,16H,2,5-8H2,1H3,(H,19,20). The van der Waals surface area contributed by atoms with Gasteiger partial charge >= 0.3 is 5.97 Å². The van der Waals surface area contributed by atoms with Gasteiger partial charge in [0.2, 0.25) is 0 Å². The first-order valence-corrected chi connectivity index (χ1v) is 6.81. The topological polar surface area (TPSA) is 107 Å². The molecule has 1 atom stereocenters. The molecule has 1 aliphatic rings. The van der Waals surface area contributed by atoms with Gasteiger partial charge in [-0.05, 0) is 54.6 Å². The van der Waals surface area contributed by atoms with Crippen LogP contribution in [0.15, 0.2) is 23.3 Å². The van der Waals surface area contributed by atoms with E-state index >= 15 is 0 Å². The molecule has 1 aromatic carbocycles. The molecule has 0 saturated heterocycles. The highest BCUT2D eigenvalue weighted by molar-refractivity contribution is 5.83. The first-order chi connectivity index (χ1) is 10.1. The van der Waals surface area contributed by atoms with Crippen molar-refractivity contribution in [1.82, 2.24) is 5.32 Å². The van der Waals surface area contributed by atoms with E-state index in [-0.39, 0.29) is 0 Å². The van der Waals surface area contributed by atoms with Crippen molar-refractivity contribution < 1.29 is 14.6 Å². The molecule has 1 aromatic rings. The summed E-state index contributed by atoms with van der Waals surface area (Å²) in [4.78, 5) is 14.5. The summed E-state index contributed by atoms with van der Waals surface area (Å²) >= 11 is 0. The molecule has 1 unspecified atom stereocenters. The minimum Gasteiger partial charge on any atom is -0.497 e. The maximum Gasteiger partial charge on any atom is 0.328 e. The predicted octanol–water partition coefficient (Wildman–Crippen LogP) is 2.21. The summed E-state index contributed by atoms with van der Waals surface area (Å²) in [7, 11) is 1.56. The summed E-state index contributed by atoms with van der Waals surface area (Å²) in [6.07, 6.45) is 1.82. The van der Waals surface area contributed by atoms with Gasteiger partial charge in [0.1, 0.15) is 11.3 Å². The number of aryl methyl sites for hydroxylation is 1. The predicted molar refractivity (Wildman–Crippen MR) is 77.3 cm³/mol. The van der Waals surface area contributed by atoms with E-state index in [1.807, 2.05) is 12.1 Å². The number of carboxylic acid groups (broad SMARTS) is 1. The van der Waals surface area contributed by atoms with E-state index in [2.05, 4.69) is 15.3 Å². The number of rotatable bonds is 7. The lowest BCUT2D eigenvalue weighted by Gasteiger charge is -2.27. The quantitative estimate of drug-likeness (QED) is 0.347. The zero-order valence-corrected chi connectivity index (χ0v) is 11.9. The van der Waals surface area contributed by atoms with E-state index in [4.69, 9.17) is 10.3 Å². The number of aliphatic carboxylic acids is 1. The molecule has 21 heavy (non-hydrogen) atoms. The molecule has 7 heteroatoms. The monoisotopic (exact) mass is 290 g/mol. The van der Waals surface area contributed by atoms with Crippen LogP contribution in [0.4, 0.5) is 0 Å². The van der Waals surface area contributed by atoms with Gasteiger partial charge in [0, 0.05) is 11.5 Å². The van der Waals surface area contributed by atoms with Crippen molar-refractivity contribution in [1.29, 1.82) is 0 Å². The van der Waals surface area contributed by atoms with Crippen molar-refractivity contribution in [2.24, 2.45) is 5.11 Å². The molecule has 0 heterocycles. The Morgan fingerprint density at radius 3 is 3.10 bits per heavy atom. The Bertz CT molecular complexity index is 584. The Morgan fingerprint density at radius 2 is 2.43 bits per heavy atom. The van der Waals surface area contributed by atoms with E-state index in [1.165, 1.54) is 0 Å². The zero-order chi connectivity index (χ0) is 15.3. The lowest BCUT2D eigenvalue weighted by Crippen LogP contribution is -2.48. The van der Waals surface area contributed by atoms with E-state index in [1.54, 1.807) is 13.2 Å². The Balaban J connectivity index is 2.21. The number of hydrogen-bond donors (Lipinski definition) is 2. The van der Waals surface area contributed by atoms with Gasteiger partial charge in [-0.2, -0.15) is 0 Å². The van der Waals surface area contributed by atoms with Gasteiger partial charge in [-0.1, -0.05) is 11.2 Å². The summed E-state index contributed by atoms with van der Waals surface area (Å²) in [5, 5.41) is 16.3. The third-order valence-corrected chi connectivity index (χ3v) is 3.84. The number of benzene rings is 1. The number of carbonyl (C=O) groups is 1. The number of hydrogen-bond acceptors (Lipinski definition) is 4. The van der Waals surface area contributed by atoms with Crippen LogP contribution in [0.25, 0.3) is 10.4 Å². The van der Waals surface area contributed by atoms with Crippen LogP contribution in [0, 0.1) is 0 Å². The molecule has 0 amide bonds. The van der Waals surface area contributed by atoms with Crippen LogP contribution >= 0.6 is 0 Å². The SMILES string of the molecule is COc1ccc2c(c1)C(NCCCN=[N+]=[N-])(C(=O)O)CC2. The summed E-state index contributed by atoms with van der Waals surface area (Å²) < 4.78 is 5.19. The third-order valence-electron chi connectivity index (χ3n) is 3.84. The van der Waals surface area contributed by atoms with Crippen molar-refractivity contribution in [3.8, 4) is 5.75 Å². The normalized spacial score (nSPS) is 19.7. The van der Waals surface area contributed by atoms with Crippen molar-refractivity contribution >= 4 is 5.97 Å². The number of carboxylic acids is 1. The minimum absolute atomic E-state index is 0.351. The Hall–Kier alpha value is -2.24. The van der Waals surface area contributed by atoms with Crippen molar-refractivity contribution in [3.05, 3.63) is 39.8 Å². The van der Waals surface area contributed by atoms with Gasteiger partial charge in [-0.25, -0.2) is 4.79 Å². The van der Waals surface area contributed by atoms with Gasteiger partial charge in [0.25, 0.3) is 0 Å². The lowest BCUT2D eigenvalue weighted by atomic mass is 9.91. The molecule has 0 fully saturated rings. The smallest absolute Gasteiger partial charge is 0.328 e. The molecule has 1 aliphatic carbocycles. The van der Waals surface area contributed by atoms with Crippen LogP contribution in [-0.4, -0.2) is 31.3 Å². The van der Waals surface area contributed by atoms with E-state index in [0.29, 0.717) is 31.7 Å². The van der Waals surface area contributed by atoms with Gasteiger partial charge < -0.3 is 9.84 Å². The van der Waals surface area contributed by atoms with Crippen LogP contribution in [0.5, 0.6) is 5.75 Å². The van der Waals surface area contributed by atoms with Crippen LogP contribution < -0.4 is 10.1 Å². The Morgan fingerprint density at radius 1 is 1.62 bits per heavy atom. The molecule has 0 saturated carbocycles. The van der Waals surface area contributed by atoms with Gasteiger partial charge in [0.15, 0.2) is 0 Å². The van der Waals surface area contributed by atoms with Gasteiger partial charge in [-0.3, -0.25) is 5.32 Å². The molecule has 7 nitrogen and oxygen atoms in total. The Kier molecular flexibility index (Phi) is 4.67. The fourth-order valence-electron chi connectivity index (χ4n) is 2.73. The van der Waals surface area contributed by atoms with E-state index in [9.17, 15) is 9.90 Å². The summed E-state index contributed by atoms with van der Waals surface area (Å²) in [6.45, 7) is 0.826. The fraction of sp³-hybridized carbons (Fsp3) is 0.500. The van der Waals surface area contributed by atoms with Crippen molar-refractivity contribution in [3.63, 3.8) is 0 Å². The van der Waals surface area contributed by atoms with Crippen molar-refractivity contribution in [2.75, 3.05) is 20.2 Å². The molecule has 0 bridgehead atoms. The maximum atomic E-state index is 11.8. The molecule has 0 radical (unpaired) electrons. The van der Waals surface area contributed by atoms with Crippen molar-refractivity contribution in [2.45, 2.75) is 24.8 Å². The second kappa shape index (κ2) is 6.47. The average molecular weight is 290 g/mol. The number of fused-ring (bicyclic) bond motifs is 1. The van der Waals surface area contributed by atoms with E-state index in [0.717, 1.165) is 17.5 Å².